The van der Waals surface area contributed by atoms with E-state index in [0.717, 1.165) is 18.4 Å². The van der Waals surface area contributed by atoms with Crippen LogP contribution in [-0.2, 0) is 6.67 Å². The predicted molar refractivity (Wildman–Crippen MR) is 93.4 cm³/mol. The smallest absolute Gasteiger partial charge is 0.225 e. The van der Waals surface area contributed by atoms with E-state index in [1.807, 2.05) is 10.7 Å². The fraction of sp³-hybridized carbons (Fsp3) is 0.588. The first-order chi connectivity index (χ1) is 11.1. The standard InChI is InChI=1S/C17H25N5S/c1-4-15-9-5-6-11-20(15)12-21-17(23)22(19-18-21)16-10-7-8-13(2)14(16)3/h7-8,10,15H,4-6,9,11-12H2,1-3H3/p+1/t15-/m1/s1. The highest BCUT2D eigenvalue weighted by atomic mass is 32.1. The summed E-state index contributed by atoms with van der Waals surface area (Å²) >= 11 is 5.64. The lowest BCUT2D eigenvalue weighted by Crippen LogP contribution is -3.15. The lowest BCUT2D eigenvalue weighted by Gasteiger charge is -2.31. The molecular formula is C17H26N5S+. The maximum Gasteiger partial charge on any atom is 0.225 e. The fourth-order valence-electron chi connectivity index (χ4n) is 3.53. The van der Waals surface area contributed by atoms with Crippen LogP contribution in [-0.4, -0.2) is 32.4 Å². The van der Waals surface area contributed by atoms with Crippen molar-refractivity contribution in [2.45, 2.75) is 59.2 Å². The van der Waals surface area contributed by atoms with E-state index in [0.29, 0.717) is 4.77 Å². The average Bonchev–Trinajstić information content (AvgIpc) is 2.91. The van der Waals surface area contributed by atoms with Crippen molar-refractivity contribution >= 4 is 12.2 Å². The third-order valence-electron chi connectivity index (χ3n) is 5.17. The monoisotopic (exact) mass is 332 g/mol. The fourth-order valence-corrected chi connectivity index (χ4v) is 3.77. The highest BCUT2D eigenvalue weighted by Crippen LogP contribution is 2.16. The number of nitrogens with one attached hydrogen (secondary N) is 1. The largest absolute Gasteiger partial charge is 0.314 e. The third-order valence-corrected chi connectivity index (χ3v) is 5.55. The number of nitrogens with zero attached hydrogens (tertiary/aromatic N) is 4. The number of tetrazole rings is 1. The van der Waals surface area contributed by atoms with Gasteiger partial charge in [0.25, 0.3) is 0 Å². The number of quaternary nitrogens is 1. The minimum Gasteiger partial charge on any atom is -0.314 e. The minimum atomic E-state index is 0.687. The summed E-state index contributed by atoms with van der Waals surface area (Å²) in [4.78, 5) is 1.59. The molecule has 0 amide bonds. The van der Waals surface area contributed by atoms with Crippen LogP contribution in [0, 0.1) is 18.6 Å². The van der Waals surface area contributed by atoms with Crippen molar-refractivity contribution < 1.29 is 4.90 Å². The molecule has 1 N–H and O–H groups in total. The number of rotatable bonds is 4. The molecule has 124 valence electrons. The molecule has 1 saturated heterocycles. The van der Waals surface area contributed by atoms with E-state index >= 15 is 0 Å². The Balaban J connectivity index is 1.88. The Hall–Kier alpha value is -1.53. The van der Waals surface area contributed by atoms with Gasteiger partial charge in [0.2, 0.25) is 4.77 Å². The maximum atomic E-state index is 5.64. The second kappa shape index (κ2) is 6.93. The first-order valence-electron chi connectivity index (χ1n) is 8.55. The molecule has 1 aliphatic heterocycles. The van der Waals surface area contributed by atoms with Crippen LogP contribution in [0.4, 0.5) is 0 Å². The van der Waals surface area contributed by atoms with Gasteiger partial charge in [-0.25, -0.2) is 0 Å². The summed E-state index contributed by atoms with van der Waals surface area (Å²) in [5.41, 5.74) is 3.47. The van der Waals surface area contributed by atoms with E-state index in [9.17, 15) is 0 Å². The molecule has 1 aromatic carbocycles. The number of benzene rings is 1. The van der Waals surface area contributed by atoms with Gasteiger partial charge in [-0.2, -0.15) is 9.36 Å². The van der Waals surface area contributed by atoms with Crippen LogP contribution in [0.25, 0.3) is 5.69 Å². The van der Waals surface area contributed by atoms with Crippen LogP contribution in [0.3, 0.4) is 0 Å². The molecule has 6 heteroatoms. The Morgan fingerprint density at radius 1 is 1.26 bits per heavy atom. The van der Waals surface area contributed by atoms with Gasteiger partial charge >= 0.3 is 0 Å². The first-order valence-corrected chi connectivity index (χ1v) is 8.96. The van der Waals surface area contributed by atoms with Crippen LogP contribution < -0.4 is 4.90 Å². The molecule has 1 fully saturated rings. The Bertz CT molecular complexity index is 733. The molecule has 2 aromatic rings. The average molecular weight is 332 g/mol. The second-order valence-corrected chi connectivity index (χ2v) is 6.92. The molecule has 5 nitrogen and oxygen atoms in total. The topological polar surface area (TPSA) is 40.1 Å². The van der Waals surface area contributed by atoms with E-state index < -0.39 is 0 Å². The molecule has 0 radical (unpaired) electrons. The summed E-state index contributed by atoms with van der Waals surface area (Å²) in [6.45, 7) is 8.52. The van der Waals surface area contributed by atoms with Gasteiger partial charge < -0.3 is 4.90 Å². The minimum absolute atomic E-state index is 0.687. The quantitative estimate of drug-likeness (QED) is 0.873. The first kappa shape index (κ1) is 16.3. The number of aromatic nitrogens is 4. The summed E-state index contributed by atoms with van der Waals surface area (Å²) < 4.78 is 4.37. The lowest BCUT2D eigenvalue weighted by atomic mass is 10.0. The summed E-state index contributed by atoms with van der Waals surface area (Å²) in [7, 11) is 0. The normalized spacial score (nSPS) is 21.5. The molecule has 0 aliphatic carbocycles. The highest BCUT2D eigenvalue weighted by Gasteiger charge is 2.25. The Morgan fingerprint density at radius 2 is 2.09 bits per heavy atom. The van der Waals surface area contributed by atoms with Gasteiger partial charge in [-0.1, -0.05) is 19.1 Å². The van der Waals surface area contributed by atoms with Crippen LogP contribution >= 0.6 is 12.2 Å². The van der Waals surface area contributed by atoms with Gasteiger partial charge in [-0.15, -0.1) is 0 Å². The molecule has 2 atom stereocenters. The van der Waals surface area contributed by atoms with Crippen LogP contribution in [0.2, 0.25) is 0 Å². The molecule has 0 bridgehead atoms. The molecule has 0 spiro atoms. The molecule has 1 aromatic heterocycles. The van der Waals surface area contributed by atoms with Crippen molar-refractivity contribution in [3.63, 3.8) is 0 Å². The number of likely N-dealkylation sites (tertiary alicyclic amines) is 1. The van der Waals surface area contributed by atoms with Crippen molar-refractivity contribution in [3.8, 4) is 5.69 Å². The van der Waals surface area contributed by atoms with Gasteiger partial charge in [-0.3, -0.25) is 0 Å². The number of aryl methyl sites for hydroxylation is 1. The Labute approximate surface area is 142 Å². The molecule has 0 saturated carbocycles. The van der Waals surface area contributed by atoms with Crippen molar-refractivity contribution in [2.75, 3.05) is 6.54 Å². The zero-order valence-electron chi connectivity index (χ0n) is 14.2. The van der Waals surface area contributed by atoms with Crippen molar-refractivity contribution in [2.24, 2.45) is 0 Å². The zero-order chi connectivity index (χ0) is 16.4. The van der Waals surface area contributed by atoms with Gasteiger partial charge in [0.05, 0.1) is 18.3 Å². The van der Waals surface area contributed by atoms with Gasteiger partial charge in [0, 0.05) is 0 Å². The molecule has 2 heterocycles. The van der Waals surface area contributed by atoms with E-state index in [1.165, 1.54) is 43.4 Å². The summed E-state index contributed by atoms with van der Waals surface area (Å²) in [5.74, 6) is 0. The molecule has 1 unspecified atom stereocenters. The Kier molecular flexibility index (Phi) is 4.92. The van der Waals surface area contributed by atoms with E-state index in [-0.39, 0.29) is 0 Å². The number of hydrogen-bond donors (Lipinski definition) is 1. The van der Waals surface area contributed by atoms with Crippen molar-refractivity contribution in [3.05, 3.63) is 34.1 Å². The van der Waals surface area contributed by atoms with Crippen molar-refractivity contribution in [1.82, 2.24) is 19.8 Å². The highest BCUT2D eigenvalue weighted by molar-refractivity contribution is 7.71. The van der Waals surface area contributed by atoms with Gasteiger partial charge in [0.1, 0.15) is 0 Å². The summed E-state index contributed by atoms with van der Waals surface area (Å²) in [6, 6.07) is 6.93. The number of piperidine rings is 1. The molecule has 1 aliphatic rings. The Morgan fingerprint density at radius 3 is 2.87 bits per heavy atom. The van der Waals surface area contributed by atoms with Crippen LogP contribution in [0.15, 0.2) is 18.2 Å². The van der Waals surface area contributed by atoms with E-state index in [4.69, 9.17) is 12.2 Å². The summed E-state index contributed by atoms with van der Waals surface area (Å²) in [5, 5.41) is 8.65. The SMILES string of the molecule is CC[C@@H]1CCCC[NH+]1Cn1nnn(-c2cccc(C)c2C)c1=S. The number of hydrogen-bond acceptors (Lipinski definition) is 3. The summed E-state index contributed by atoms with van der Waals surface area (Å²) in [6.07, 6.45) is 5.17. The predicted octanol–water partition coefficient (Wildman–Crippen LogP) is 2.22. The van der Waals surface area contributed by atoms with E-state index in [2.05, 4.69) is 43.3 Å². The third kappa shape index (κ3) is 3.23. The van der Waals surface area contributed by atoms with E-state index in [1.54, 1.807) is 9.58 Å². The van der Waals surface area contributed by atoms with Crippen molar-refractivity contribution in [1.29, 1.82) is 0 Å². The van der Waals surface area contributed by atoms with Crippen LogP contribution in [0.1, 0.15) is 43.7 Å². The van der Waals surface area contributed by atoms with Gasteiger partial charge in [-0.05, 0) is 79.4 Å². The molecule has 23 heavy (non-hydrogen) atoms. The molecular weight excluding hydrogens is 306 g/mol. The van der Waals surface area contributed by atoms with Crippen LogP contribution in [0.5, 0.6) is 0 Å². The molecule has 3 rings (SSSR count). The maximum absolute atomic E-state index is 5.64. The zero-order valence-corrected chi connectivity index (χ0v) is 15.1. The second-order valence-electron chi connectivity index (χ2n) is 6.56. The lowest BCUT2D eigenvalue weighted by molar-refractivity contribution is -0.953. The van der Waals surface area contributed by atoms with Gasteiger partial charge in [0.15, 0.2) is 6.67 Å².